The first-order valence-electron chi connectivity index (χ1n) is 4.85. The van der Waals surface area contributed by atoms with E-state index in [1.165, 1.54) is 0 Å². The number of ketones is 1. The molecule has 0 bridgehead atoms. The molecule has 2 unspecified atom stereocenters. The number of hydrogen-bond donors (Lipinski definition) is 1. The van der Waals surface area contributed by atoms with Crippen LogP contribution in [0.2, 0.25) is 0 Å². The molecule has 3 aliphatic rings. The molecular formula is C9H13NO3S. The van der Waals surface area contributed by atoms with Crippen LogP contribution in [0.3, 0.4) is 0 Å². The van der Waals surface area contributed by atoms with Gasteiger partial charge in [0.25, 0.3) is 0 Å². The molecule has 3 saturated carbocycles. The van der Waals surface area contributed by atoms with E-state index >= 15 is 0 Å². The Hall–Kier alpha value is -0.420. The van der Waals surface area contributed by atoms with Gasteiger partial charge in [0.1, 0.15) is 5.78 Å². The quantitative estimate of drug-likeness (QED) is 0.698. The average molecular weight is 215 g/mol. The summed E-state index contributed by atoms with van der Waals surface area (Å²) in [7, 11) is -3.53. The van der Waals surface area contributed by atoms with Crippen LogP contribution in [0.1, 0.15) is 19.8 Å². The maximum absolute atomic E-state index is 11.7. The van der Waals surface area contributed by atoms with Gasteiger partial charge in [0.15, 0.2) is 0 Å². The Labute approximate surface area is 82.9 Å². The number of Topliss-reactive ketones (excluding diaryl/α,β-unsaturated/α-hetero) is 1. The number of sulfonamides is 1. The SMILES string of the molecule is CC12C3C[C@]1(CS(N)(=O)=O)C(=O)C[C@H]32. The van der Waals surface area contributed by atoms with Gasteiger partial charge in [-0.05, 0) is 23.7 Å². The summed E-state index contributed by atoms with van der Waals surface area (Å²) in [6, 6.07) is 0. The number of nitrogens with two attached hydrogens (primary N) is 1. The third-order valence-corrected chi connectivity index (χ3v) is 5.80. The van der Waals surface area contributed by atoms with Crippen LogP contribution in [0.5, 0.6) is 0 Å². The number of hydrogen-bond acceptors (Lipinski definition) is 3. The Morgan fingerprint density at radius 2 is 2.14 bits per heavy atom. The van der Waals surface area contributed by atoms with Crippen LogP contribution in [0.15, 0.2) is 0 Å². The zero-order chi connectivity index (χ0) is 10.4. The van der Waals surface area contributed by atoms with Gasteiger partial charge in [0.2, 0.25) is 10.0 Å². The molecule has 0 amide bonds. The zero-order valence-electron chi connectivity index (χ0n) is 7.99. The van der Waals surface area contributed by atoms with Crippen LogP contribution in [0.25, 0.3) is 0 Å². The third kappa shape index (κ3) is 0.683. The lowest BCUT2D eigenvalue weighted by Gasteiger charge is -2.44. The summed E-state index contributed by atoms with van der Waals surface area (Å²) in [5.74, 6) is 1.04. The second-order valence-corrected chi connectivity index (χ2v) is 6.83. The summed E-state index contributed by atoms with van der Waals surface area (Å²) in [5.41, 5.74) is -0.619. The van der Waals surface area contributed by atoms with Crippen LogP contribution in [0, 0.1) is 22.7 Å². The van der Waals surface area contributed by atoms with Crippen molar-refractivity contribution in [2.24, 2.45) is 27.8 Å². The van der Waals surface area contributed by atoms with Crippen LogP contribution in [-0.4, -0.2) is 20.0 Å². The van der Waals surface area contributed by atoms with Crippen molar-refractivity contribution in [3.8, 4) is 0 Å². The molecular weight excluding hydrogens is 202 g/mol. The average Bonchev–Trinajstić information content (AvgIpc) is 2.41. The van der Waals surface area contributed by atoms with Crippen LogP contribution in [0.4, 0.5) is 0 Å². The van der Waals surface area contributed by atoms with E-state index in [-0.39, 0.29) is 17.0 Å². The monoisotopic (exact) mass is 215 g/mol. The van der Waals surface area contributed by atoms with Crippen LogP contribution < -0.4 is 5.14 Å². The fourth-order valence-corrected chi connectivity index (χ4v) is 5.30. The molecule has 3 fully saturated rings. The lowest BCUT2D eigenvalue weighted by atomic mass is 9.60. The molecule has 0 spiro atoms. The predicted octanol–water partition coefficient (Wildman–Crippen LogP) is -0.110. The minimum Gasteiger partial charge on any atom is -0.299 e. The highest BCUT2D eigenvalue weighted by molar-refractivity contribution is 7.89. The van der Waals surface area contributed by atoms with E-state index in [9.17, 15) is 13.2 Å². The molecule has 0 aromatic carbocycles. The maximum Gasteiger partial charge on any atom is 0.210 e. The van der Waals surface area contributed by atoms with Gasteiger partial charge in [-0.2, -0.15) is 0 Å². The van der Waals surface area contributed by atoms with Crippen molar-refractivity contribution in [2.75, 3.05) is 5.75 Å². The van der Waals surface area contributed by atoms with Gasteiger partial charge >= 0.3 is 0 Å². The number of fused-ring (bicyclic) bond motifs is 1. The summed E-state index contributed by atoms with van der Waals surface area (Å²) < 4.78 is 22.2. The molecule has 4 nitrogen and oxygen atoms in total. The molecule has 0 aliphatic heterocycles. The van der Waals surface area contributed by atoms with E-state index < -0.39 is 15.4 Å². The molecule has 0 radical (unpaired) electrons. The van der Waals surface area contributed by atoms with E-state index in [1.54, 1.807) is 0 Å². The predicted molar refractivity (Wildman–Crippen MR) is 49.7 cm³/mol. The first-order chi connectivity index (χ1) is 6.31. The van der Waals surface area contributed by atoms with Gasteiger partial charge < -0.3 is 0 Å². The van der Waals surface area contributed by atoms with Crippen molar-refractivity contribution < 1.29 is 13.2 Å². The highest BCUT2D eigenvalue weighted by atomic mass is 32.2. The lowest BCUT2D eigenvalue weighted by Crippen LogP contribution is -2.51. The smallest absolute Gasteiger partial charge is 0.210 e. The zero-order valence-corrected chi connectivity index (χ0v) is 8.80. The van der Waals surface area contributed by atoms with Crippen molar-refractivity contribution in [1.29, 1.82) is 0 Å². The van der Waals surface area contributed by atoms with Crippen LogP contribution in [-0.2, 0) is 14.8 Å². The normalized spacial score (nSPS) is 54.0. The van der Waals surface area contributed by atoms with Crippen molar-refractivity contribution in [2.45, 2.75) is 19.8 Å². The van der Waals surface area contributed by atoms with E-state index in [0.29, 0.717) is 18.3 Å². The van der Waals surface area contributed by atoms with Gasteiger partial charge in [0.05, 0.1) is 11.2 Å². The first kappa shape index (κ1) is 8.85. The Morgan fingerprint density at radius 1 is 1.50 bits per heavy atom. The molecule has 3 aliphatic carbocycles. The topological polar surface area (TPSA) is 77.2 Å². The van der Waals surface area contributed by atoms with Crippen molar-refractivity contribution in [3.05, 3.63) is 0 Å². The minimum absolute atomic E-state index is 0.0173. The Bertz CT molecular complexity index is 443. The van der Waals surface area contributed by atoms with E-state index in [0.717, 1.165) is 6.42 Å². The molecule has 3 rings (SSSR count). The number of carbonyl (C=O) groups excluding carboxylic acids is 1. The van der Waals surface area contributed by atoms with Crippen molar-refractivity contribution >= 4 is 15.8 Å². The maximum atomic E-state index is 11.7. The molecule has 0 aromatic rings. The molecule has 2 N–H and O–H groups in total. The summed E-state index contributed by atoms with van der Waals surface area (Å²) >= 11 is 0. The summed E-state index contributed by atoms with van der Waals surface area (Å²) in [6.07, 6.45) is 1.33. The van der Waals surface area contributed by atoms with Gasteiger partial charge in [-0.25, -0.2) is 13.6 Å². The fourth-order valence-electron chi connectivity index (χ4n) is 4.03. The molecule has 78 valence electrons. The van der Waals surface area contributed by atoms with E-state index in [4.69, 9.17) is 5.14 Å². The third-order valence-electron chi connectivity index (χ3n) is 4.90. The Morgan fingerprint density at radius 3 is 2.50 bits per heavy atom. The van der Waals surface area contributed by atoms with Gasteiger partial charge in [0, 0.05) is 6.42 Å². The second kappa shape index (κ2) is 1.93. The van der Waals surface area contributed by atoms with E-state index in [1.807, 2.05) is 6.92 Å². The van der Waals surface area contributed by atoms with E-state index in [2.05, 4.69) is 0 Å². The molecule has 4 atom stereocenters. The van der Waals surface area contributed by atoms with Crippen molar-refractivity contribution in [3.63, 3.8) is 0 Å². The summed E-state index contributed by atoms with van der Waals surface area (Å²) in [5, 5.41) is 5.05. The summed E-state index contributed by atoms with van der Waals surface area (Å²) in [6.45, 7) is 2.04. The van der Waals surface area contributed by atoms with Crippen LogP contribution >= 0.6 is 0 Å². The minimum atomic E-state index is -3.53. The number of carbonyl (C=O) groups is 1. The second-order valence-electron chi connectivity index (χ2n) is 5.22. The molecule has 0 heterocycles. The first-order valence-corrected chi connectivity index (χ1v) is 6.57. The highest BCUT2D eigenvalue weighted by Crippen LogP contribution is 2.86. The van der Waals surface area contributed by atoms with Gasteiger partial charge in [-0.15, -0.1) is 0 Å². The van der Waals surface area contributed by atoms with Gasteiger partial charge in [-0.3, -0.25) is 4.79 Å². The lowest BCUT2D eigenvalue weighted by molar-refractivity contribution is -0.135. The number of rotatable bonds is 2. The summed E-state index contributed by atoms with van der Waals surface area (Å²) in [4.78, 5) is 11.7. The molecule has 14 heavy (non-hydrogen) atoms. The fraction of sp³-hybridized carbons (Fsp3) is 0.889. The highest BCUT2D eigenvalue weighted by Gasteiger charge is 2.86. The molecule has 0 saturated heterocycles. The molecule has 5 heteroatoms. The Balaban J connectivity index is 2.01. The largest absolute Gasteiger partial charge is 0.299 e. The van der Waals surface area contributed by atoms with Crippen molar-refractivity contribution in [1.82, 2.24) is 0 Å². The number of primary sulfonamides is 1. The standard InChI is InChI=1S/C9H13NO3S/c1-8-5-2-7(11)9(8,3-6(5)8)4-14(10,12)13/h5-6H,2-4H2,1H3,(H2,10,12,13)/t5-,6?,8?,9+/m1/s1. The Kier molecular flexibility index (Phi) is 1.22. The van der Waals surface area contributed by atoms with Gasteiger partial charge in [-0.1, -0.05) is 6.92 Å². The molecule has 0 aromatic heterocycles.